The summed E-state index contributed by atoms with van der Waals surface area (Å²) in [6, 6.07) is 4.89. The largest absolute Gasteiger partial charge is 0.396 e. The van der Waals surface area contributed by atoms with E-state index >= 15 is 0 Å². The summed E-state index contributed by atoms with van der Waals surface area (Å²) >= 11 is 0. The molecule has 1 atom stereocenters. The van der Waals surface area contributed by atoms with Gasteiger partial charge in [0.25, 0.3) is 5.91 Å². The molecule has 0 aliphatic rings. The Morgan fingerprint density at radius 3 is 2.52 bits per heavy atom. The zero-order chi connectivity index (χ0) is 15.6. The molecule has 4 nitrogen and oxygen atoms in total. The number of amides is 1. The maximum Gasteiger partial charge on any atom is 0.257 e. The molecule has 1 heterocycles. The van der Waals surface area contributed by atoms with E-state index in [1.165, 1.54) is 11.9 Å². The van der Waals surface area contributed by atoms with Gasteiger partial charge in [0.2, 0.25) is 0 Å². The molecule has 1 unspecified atom stereocenters. The van der Waals surface area contributed by atoms with Crippen molar-refractivity contribution in [3.8, 4) is 0 Å². The molecular weight excluding hydrogens is 276 g/mol. The number of benzene rings is 1. The number of nitrogens with two attached hydrogens (primary N) is 1. The molecule has 0 saturated heterocycles. The monoisotopic (exact) mass is 291 g/mol. The van der Waals surface area contributed by atoms with E-state index in [4.69, 9.17) is 5.73 Å². The Bertz CT molecular complexity index is 661. The molecule has 110 valence electrons. The van der Waals surface area contributed by atoms with Crippen LogP contribution in [-0.4, -0.2) is 22.8 Å². The minimum absolute atomic E-state index is 0.315. The van der Waals surface area contributed by atoms with Crippen molar-refractivity contribution in [3.05, 3.63) is 59.4 Å². The number of halogens is 2. The number of aromatic nitrogens is 1. The average Bonchev–Trinajstić information content (AvgIpc) is 2.49. The average molecular weight is 291 g/mol. The lowest BCUT2D eigenvalue weighted by atomic mass is 10.1. The summed E-state index contributed by atoms with van der Waals surface area (Å²) in [5.74, 6) is -2.29. The second-order valence-corrected chi connectivity index (χ2v) is 4.73. The molecule has 0 radical (unpaired) electrons. The van der Waals surface area contributed by atoms with Crippen LogP contribution in [0.25, 0.3) is 0 Å². The van der Waals surface area contributed by atoms with E-state index in [0.717, 1.165) is 17.7 Å². The molecular formula is C15H15F2N3O. The molecule has 6 heteroatoms. The normalized spacial score (nSPS) is 12.0. The molecule has 0 saturated carbocycles. The van der Waals surface area contributed by atoms with Crippen LogP contribution < -0.4 is 5.73 Å². The van der Waals surface area contributed by atoms with Crippen molar-refractivity contribution in [2.75, 3.05) is 12.8 Å². The zero-order valence-electron chi connectivity index (χ0n) is 11.7. The predicted molar refractivity (Wildman–Crippen MR) is 75.5 cm³/mol. The lowest BCUT2D eigenvalue weighted by Gasteiger charge is -2.25. The first-order valence-corrected chi connectivity index (χ1v) is 6.33. The summed E-state index contributed by atoms with van der Waals surface area (Å²) < 4.78 is 27.2. The van der Waals surface area contributed by atoms with Gasteiger partial charge in [-0.1, -0.05) is 0 Å². The summed E-state index contributed by atoms with van der Waals surface area (Å²) in [6.45, 7) is 1.79. The highest BCUT2D eigenvalue weighted by molar-refractivity contribution is 5.95. The Labute approximate surface area is 121 Å². The van der Waals surface area contributed by atoms with Crippen LogP contribution in [0.2, 0.25) is 0 Å². The quantitative estimate of drug-likeness (QED) is 0.885. The lowest BCUT2D eigenvalue weighted by molar-refractivity contribution is 0.0737. The molecule has 0 bridgehead atoms. The number of hydrogen-bond donors (Lipinski definition) is 1. The fourth-order valence-electron chi connectivity index (χ4n) is 2.00. The maximum atomic E-state index is 13.9. The smallest absolute Gasteiger partial charge is 0.257 e. The molecule has 0 fully saturated rings. The van der Waals surface area contributed by atoms with Crippen molar-refractivity contribution in [2.45, 2.75) is 13.0 Å². The van der Waals surface area contributed by atoms with Crippen LogP contribution in [0.4, 0.5) is 14.5 Å². The van der Waals surface area contributed by atoms with E-state index in [1.54, 1.807) is 31.5 Å². The molecule has 0 aliphatic carbocycles. The summed E-state index contributed by atoms with van der Waals surface area (Å²) in [5, 5.41) is 0. The van der Waals surface area contributed by atoms with Gasteiger partial charge in [-0.05, 0) is 36.8 Å². The topological polar surface area (TPSA) is 59.2 Å². The van der Waals surface area contributed by atoms with E-state index in [-0.39, 0.29) is 17.3 Å². The summed E-state index contributed by atoms with van der Waals surface area (Å²) in [6.07, 6.45) is 3.20. The molecule has 2 N–H and O–H groups in total. The third-order valence-electron chi connectivity index (χ3n) is 3.39. The molecule has 21 heavy (non-hydrogen) atoms. The van der Waals surface area contributed by atoms with E-state index in [1.807, 2.05) is 0 Å². The van der Waals surface area contributed by atoms with Crippen LogP contribution in [0, 0.1) is 11.6 Å². The number of nitrogens with zero attached hydrogens (tertiary/aromatic N) is 2. The Balaban J connectivity index is 2.32. The van der Waals surface area contributed by atoms with Crippen LogP contribution in [-0.2, 0) is 0 Å². The van der Waals surface area contributed by atoms with Gasteiger partial charge in [-0.2, -0.15) is 0 Å². The highest BCUT2D eigenvalue weighted by Gasteiger charge is 2.23. The number of carbonyl (C=O) groups is 1. The van der Waals surface area contributed by atoms with Gasteiger partial charge in [-0.15, -0.1) is 0 Å². The highest BCUT2D eigenvalue weighted by atomic mass is 19.1. The third-order valence-corrected chi connectivity index (χ3v) is 3.39. The van der Waals surface area contributed by atoms with Crippen molar-refractivity contribution in [1.29, 1.82) is 0 Å². The molecule has 2 rings (SSSR count). The van der Waals surface area contributed by atoms with E-state index in [2.05, 4.69) is 4.98 Å². The van der Waals surface area contributed by atoms with E-state index in [0.29, 0.717) is 0 Å². The molecule has 1 aromatic carbocycles. The number of anilines is 1. The van der Waals surface area contributed by atoms with Gasteiger partial charge >= 0.3 is 0 Å². The standard InChI is InChI=1S/C15H15F2N3O/c1-9(10-3-5-19-6-4-10)20(2)15(21)12-7-11(16)8-13(18)14(12)17/h3-9H,18H2,1-2H3. The number of rotatable bonds is 3. The molecule has 2 aromatic rings. The number of carbonyl (C=O) groups excluding carboxylic acids is 1. The van der Waals surface area contributed by atoms with Gasteiger partial charge in [0, 0.05) is 19.4 Å². The number of hydrogen-bond acceptors (Lipinski definition) is 3. The first-order chi connectivity index (χ1) is 9.91. The van der Waals surface area contributed by atoms with Crippen LogP contribution >= 0.6 is 0 Å². The van der Waals surface area contributed by atoms with Gasteiger partial charge < -0.3 is 10.6 Å². The van der Waals surface area contributed by atoms with Crippen LogP contribution in [0.15, 0.2) is 36.7 Å². The minimum Gasteiger partial charge on any atom is -0.396 e. The van der Waals surface area contributed by atoms with E-state index in [9.17, 15) is 13.6 Å². The van der Waals surface area contributed by atoms with Gasteiger partial charge in [0.15, 0.2) is 5.82 Å². The van der Waals surface area contributed by atoms with Gasteiger partial charge in [-0.3, -0.25) is 9.78 Å². The van der Waals surface area contributed by atoms with Crippen molar-refractivity contribution >= 4 is 11.6 Å². The third kappa shape index (κ3) is 2.99. The molecule has 0 spiro atoms. The maximum absolute atomic E-state index is 13.9. The molecule has 0 aliphatic heterocycles. The van der Waals surface area contributed by atoms with Crippen LogP contribution in [0.5, 0.6) is 0 Å². The SMILES string of the molecule is CC(c1ccncc1)N(C)C(=O)c1cc(F)cc(N)c1F. The van der Waals surface area contributed by atoms with Gasteiger partial charge in [0.1, 0.15) is 5.82 Å². The molecule has 1 aromatic heterocycles. The minimum atomic E-state index is -0.907. The predicted octanol–water partition coefficient (Wildman–Crippen LogP) is 2.78. The van der Waals surface area contributed by atoms with Gasteiger partial charge in [0.05, 0.1) is 17.3 Å². The first kappa shape index (κ1) is 14.9. The Hall–Kier alpha value is -2.50. The van der Waals surface area contributed by atoms with Crippen LogP contribution in [0.1, 0.15) is 28.9 Å². The second-order valence-electron chi connectivity index (χ2n) is 4.73. The fraction of sp³-hybridized carbons (Fsp3) is 0.200. The Morgan fingerprint density at radius 2 is 1.90 bits per heavy atom. The lowest BCUT2D eigenvalue weighted by Crippen LogP contribution is -2.30. The fourth-order valence-corrected chi connectivity index (χ4v) is 2.00. The first-order valence-electron chi connectivity index (χ1n) is 6.33. The Kier molecular flexibility index (Phi) is 4.16. The molecule has 1 amide bonds. The van der Waals surface area contributed by atoms with Crippen molar-refractivity contribution in [3.63, 3.8) is 0 Å². The van der Waals surface area contributed by atoms with Gasteiger partial charge in [-0.25, -0.2) is 8.78 Å². The number of nitrogen functional groups attached to an aromatic ring is 1. The summed E-state index contributed by atoms with van der Waals surface area (Å²) in [7, 11) is 1.52. The van der Waals surface area contributed by atoms with Crippen molar-refractivity contribution < 1.29 is 13.6 Å². The zero-order valence-corrected chi connectivity index (χ0v) is 11.7. The van der Waals surface area contributed by atoms with E-state index < -0.39 is 17.5 Å². The number of pyridine rings is 1. The van der Waals surface area contributed by atoms with Crippen LogP contribution in [0.3, 0.4) is 0 Å². The second kappa shape index (κ2) is 5.87. The Morgan fingerprint density at radius 1 is 1.29 bits per heavy atom. The summed E-state index contributed by atoms with van der Waals surface area (Å²) in [4.78, 5) is 17.6. The van der Waals surface area contributed by atoms with Crippen molar-refractivity contribution in [2.24, 2.45) is 0 Å². The van der Waals surface area contributed by atoms with Crippen molar-refractivity contribution in [1.82, 2.24) is 9.88 Å². The summed E-state index contributed by atoms with van der Waals surface area (Å²) in [5.41, 5.74) is 5.43. The highest BCUT2D eigenvalue weighted by Crippen LogP contribution is 2.23.